The summed E-state index contributed by atoms with van der Waals surface area (Å²) in [6.45, 7) is 5.45. The van der Waals surface area contributed by atoms with E-state index in [-0.39, 0.29) is 27.8 Å². The first-order valence-electron chi connectivity index (χ1n) is 10.5. The van der Waals surface area contributed by atoms with Crippen molar-refractivity contribution in [2.75, 3.05) is 10.8 Å². The maximum Gasteiger partial charge on any atom is 0.265 e. The molecule has 184 valence electrons. The number of rotatable bonds is 9. The standard InChI is InChI=1S/C25H23Cl2FN2O4S/c1-16(2)24(25(32)29-14-13-17-3-8-20(31)9-4-17)30(23-15-19(27)7-12-22(23)28)35(33,34)21-10-5-18(26)6-11-21/h3-12,15,24,31H,1,13-14H2,2H3,(H,29,32). The van der Waals surface area contributed by atoms with Gasteiger partial charge in [0.15, 0.2) is 0 Å². The number of nitrogens with one attached hydrogen (secondary N) is 1. The molecule has 0 fully saturated rings. The van der Waals surface area contributed by atoms with E-state index in [0.29, 0.717) is 15.7 Å². The van der Waals surface area contributed by atoms with Crippen LogP contribution in [0.5, 0.6) is 5.75 Å². The minimum atomic E-state index is -4.45. The van der Waals surface area contributed by atoms with Gasteiger partial charge >= 0.3 is 0 Å². The average molecular weight is 537 g/mol. The number of phenolic OH excluding ortho intramolecular Hbond substituents is 1. The van der Waals surface area contributed by atoms with Crippen molar-refractivity contribution < 1.29 is 22.7 Å². The molecule has 3 rings (SSSR count). The number of phenols is 1. The van der Waals surface area contributed by atoms with Crippen LogP contribution in [0.1, 0.15) is 12.5 Å². The van der Waals surface area contributed by atoms with E-state index in [1.165, 1.54) is 49.4 Å². The molecule has 2 N–H and O–H groups in total. The average Bonchev–Trinajstić information content (AvgIpc) is 2.80. The first-order chi connectivity index (χ1) is 16.5. The van der Waals surface area contributed by atoms with E-state index in [0.717, 1.165) is 17.7 Å². The number of hydrogen-bond donors (Lipinski definition) is 2. The lowest BCUT2D eigenvalue weighted by molar-refractivity contribution is -0.121. The van der Waals surface area contributed by atoms with Crippen LogP contribution in [0.4, 0.5) is 10.1 Å². The fraction of sp³-hybridized carbons (Fsp3) is 0.160. The van der Waals surface area contributed by atoms with Gasteiger partial charge in [-0.25, -0.2) is 17.1 Å². The largest absolute Gasteiger partial charge is 0.508 e. The predicted octanol–water partition coefficient (Wildman–Crippen LogP) is 5.34. The van der Waals surface area contributed by atoms with E-state index in [1.807, 2.05) is 0 Å². The summed E-state index contributed by atoms with van der Waals surface area (Å²) in [6.07, 6.45) is 0.421. The number of carbonyl (C=O) groups excluding carboxylic acids is 1. The van der Waals surface area contributed by atoms with Gasteiger partial charge in [-0.1, -0.05) is 41.9 Å². The molecule has 0 aromatic heterocycles. The zero-order valence-electron chi connectivity index (χ0n) is 18.7. The molecule has 0 aliphatic heterocycles. The number of anilines is 1. The summed E-state index contributed by atoms with van der Waals surface area (Å²) in [6, 6.07) is 13.7. The number of nitrogens with zero attached hydrogens (tertiary/aromatic N) is 1. The Morgan fingerprint density at radius 2 is 1.66 bits per heavy atom. The Labute approximate surface area is 213 Å². The third-order valence-electron chi connectivity index (χ3n) is 5.11. The van der Waals surface area contributed by atoms with Gasteiger partial charge in [0.2, 0.25) is 5.91 Å². The number of carbonyl (C=O) groups is 1. The fourth-order valence-corrected chi connectivity index (χ4v) is 5.35. The third kappa shape index (κ3) is 6.33. The highest BCUT2D eigenvalue weighted by Crippen LogP contribution is 2.33. The second kappa shape index (κ2) is 11.1. The fourth-order valence-electron chi connectivity index (χ4n) is 3.40. The lowest BCUT2D eigenvalue weighted by Crippen LogP contribution is -2.51. The monoisotopic (exact) mass is 536 g/mol. The molecule has 10 heteroatoms. The quantitative estimate of drug-likeness (QED) is 0.361. The Morgan fingerprint density at radius 3 is 2.26 bits per heavy atom. The second-order valence-corrected chi connectivity index (χ2v) is 10.5. The van der Waals surface area contributed by atoms with Crippen LogP contribution in [0.3, 0.4) is 0 Å². The molecule has 3 aromatic carbocycles. The van der Waals surface area contributed by atoms with Crippen LogP contribution in [0.15, 0.2) is 83.8 Å². The minimum Gasteiger partial charge on any atom is -0.508 e. The highest BCUT2D eigenvalue weighted by atomic mass is 35.5. The van der Waals surface area contributed by atoms with E-state index in [2.05, 4.69) is 11.9 Å². The molecule has 1 amide bonds. The summed E-state index contributed by atoms with van der Waals surface area (Å²) in [5, 5.41) is 12.5. The zero-order chi connectivity index (χ0) is 25.8. The summed E-state index contributed by atoms with van der Waals surface area (Å²) >= 11 is 12.0. The number of benzene rings is 3. The van der Waals surface area contributed by atoms with Crippen LogP contribution in [-0.2, 0) is 21.2 Å². The Balaban J connectivity index is 2.00. The topological polar surface area (TPSA) is 86.7 Å². The SMILES string of the molecule is C=C(C)C(C(=O)NCCc1ccc(O)cc1)N(c1cc(Cl)ccc1F)S(=O)(=O)c1ccc(Cl)cc1. The lowest BCUT2D eigenvalue weighted by Gasteiger charge is -2.32. The van der Waals surface area contributed by atoms with Gasteiger partial charge in [0.25, 0.3) is 10.0 Å². The Hall–Kier alpha value is -3.07. The van der Waals surface area contributed by atoms with Crippen molar-refractivity contribution >= 4 is 44.8 Å². The molecule has 6 nitrogen and oxygen atoms in total. The predicted molar refractivity (Wildman–Crippen MR) is 136 cm³/mol. The highest BCUT2D eigenvalue weighted by molar-refractivity contribution is 7.93. The molecule has 3 aromatic rings. The van der Waals surface area contributed by atoms with Gasteiger partial charge in [-0.15, -0.1) is 0 Å². The minimum absolute atomic E-state index is 0.0888. The van der Waals surface area contributed by atoms with Gasteiger partial charge in [-0.3, -0.25) is 4.79 Å². The maximum absolute atomic E-state index is 15.0. The summed E-state index contributed by atoms with van der Waals surface area (Å²) in [5.74, 6) is -1.45. The zero-order valence-corrected chi connectivity index (χ0v) is 21.0. The molecule has 35 heavy (non-hydrogen) atoms. The van der Waals surface area contributed by atoms with E-state index < -0.39 is 33.5 Å². The molecule has 0 saturated heterocycles. The van der Waals surface area contributed by atoms with E-state index in [9.17, 15) is 22.7 Å². The molecule has 0 saturated carbocycles. The van der Waals surface area contributed by atoms with Crippen LogP contribution in [-0.4, -0.2) is 32.0 Å². The summed E-state index contributed by atoms with van der Waals surface area (Å²) < 4.78 is 43.1. The first-order valence-corrected chi connectivity index (χ1v) is 12.7. The molecular formula is C25H23Cl2FN2O4S. The van der Waals surface area contributed by atoms with Gasteiger partial charge in [0.05, 0.1) is 10.6 Å². The van der Waals surface area contributed by atoms with E-state index in [1.54, 1.807) is 12.1 Å². The highest BCUT2D eigenvalue weighted by Gasteiger charge is 2.38. The van der Waals surface area contributed by atoms with Gasteiger partial charge in [-0.2, -0.15) is 0 Å². The van der Waals surface area contributed by atoms with E-state index in [4.69, 9.17) is 23.2 Å². The number of amides is 1. The van der Waals surface area contributed by atoms with Gasteiger partial charge in [-0.05, 0) is 79.1 Å². The van der Waals surface area contributed by atoms with Crippen molar-refractivity contribution in [2.24, 2.45) is 0 Å². The normalized spacial score (nSPS) is 12.1. The maximum atomic E-state index is 15.0. The van der Waals surface area contributed by atoms with Gasteiger partial charge in [0.1, 0.15) is 17.6 Å². The van der Waals surface area contributed by atoms with Gasteiger partial charge < -0.3 is 10.4 Å². The van der Waals surface area contributed by atoms with Crippen LogP contribution < -0.4 is 9.62 Å². The van der Waals surface area contributed by atoms with Crippen LogP contribution >= 0.6 is 23.2 Å². The van der Waals surface area contributed by atoms with Crippen LogP contribution in [0.2, 0.25) is 10.0 Å². The molecule has 1 unspecified atom stereocenters. The second-order valence-electron chi connectivity index (χ2n) is 7.81. The van der Waals surface area contributed by atoms with Crippen molar-refractivity contribution in [3.8, 4) is 5.75 Å². The lowest BCUT2D eigenvalue weighted by atomic mass is 10.1. The Morgan fingerprint density at radius 1 is 1.06 bits per heavy atom. The van der Waals surface area contributed by atoms with Crippen LogP contribution in [0, 0.1) is 5.82 Å². The summed E-state index contributed by atoms with van der Waals surface area (Å²) in [4.78, 5) is 13.1. The Bertz CT molecular complexity index is 1330. The third-order valence-corrected chi connectivity index (χ3v) is 7.40. The number of aromatic hydroxyl groups is 1. The summed E-state index contributed by atoms with van der Waals surface area (Å²) in [5.41, 5.74) is 0.625. The molecule has 1 atom stereocenters. The smallest absolute Gasteiger partial charge is 0.265 e. The van der Waals surface area contributed by atoms with Crippen molar-refractivity contribution in [3.63, 3.8) is 0 Å². The molecule has 0 spiro atoms. The number of sulfonamides is 1. The number of hydrogen-bond acceptors (Lipinski definition) is 4. The van der Waals surface area contributed by atoms with Crippen molar-refractivity contribution in [3.05, 3.63) is 100 Å². The van der Waals surface area contributed by atoms with Crippen molar-refractivity contribution in [1.29, 1.82) is 0 Å². The first kappa shape index (κ1) is 26.5. The molecule has 0 radical (unpaired) electrons. The molecular weight excluding hydrogens is 514 g/mol. The molecule has 0 heterocycles. The van der Waals surface area contributed by atoms with Crippen molar-refractivity contribution in [1.82, 2.24) is 5.32 Å². The molecule has 0 aliphatic carbocycles. The van der Waals surface area contributed by atoms with Crippen LogP contribution in [0.25, 0.3) is 0 Å². The van der Waals surface area contributed by atoms with Gasteiger partial charge in [0, 0.05) is 16.6 Å². The van der Waals surface area contributed by atoms with E-state index >= 15 is 0 Å². The van der Waals surface area contributed by atoms with Crippen molar-refractivity contribution in [2.45, 2.75) is 24.3 Å². The Kier molecular flexibility index (Phi) is 8.43. The number of halogens is 3. The summed E-state index contributed by atoms with van der Waals surface area (Å²) in [7, 11) is -4.45. The molecule has 0 bridgehead atoms. The molecule has 0 aliphatic rings.